The first-order valence-corrected chi connectivity index (χ1v) is 8.60. The van der Waals surface area contributed by atoms with Crippen molar-refractivity contribution in [1.29, 1.82) is 5.26 Å². The largest absolute Gasteiger partial charge is 0.489 e. The Kier molecular flexibility index (Phi) is 5.17. The van der Waals surface area contributed by atoms with E-state index in [0.717, 1.165) is 16.9 Å². The monoisotopic (exact) mass is 374 g/mol. The molecule has 0 aromatic heterocycles. The first-order valence-electron chi connectivity index (χ1n) is 7.84. The van der Waals surface area contributed by atoms with Gasteiger partial charge in [-0.1, -0.05) is 24.3 Å². The Hall–Kier alpha value is -2.22. The van der Waals surface area contributed by atoms with Crippen LogP contribution >= 0.6 is 23.2 Å². The number of nitrogens with zero attached hydrogens (tertiary/aromatic N) is 1. The lowest BCUT2D eigenvalue weighted by atomic mass is 10.1. The fourth-order valence-electron chi connectivity index (χ4n) is 2.43. The molecule has 128 valence electrons. The van der Waals surface area contributed by atoms with Gasteiger partial charge in [-0.05, 0) is 41.8 Å². The van der Waals surface area contributed by atoms with Crippen LogP contribution in [-0.2, 0) is 17.8 Å². The van der Waals surface area contributed by atoms with Crippen molar-refractivity contribution in [1.82, 2.24) is 0 Å². The number of carbonyl (C=O) groups is 1. The number of alkyl halides is 2. The van der Waals surface area contributed by atoms with Gasteiger partial charge >= 0.3 is 0 Å². The molecule has 1 aliphatic rings. The predicted octanol–water partition coefficient (Wildman–Crippen LogP) is 4.46. The number of ether oxygens (including phenoxy) is 1. The Balaban J connectivity index is 1.56. The molecule has 2 aromatic carbocycles. The second-order valence-electron chi connectivity index (χ2n) is 5.97. The van der Waals surface area contributed by atoms with Gasteiger partial charge in [0.15, 0.2) is 0 Å². The molecule has 0 radical (unpaired) electrons. The fraction of sp³-hybridized carbons (Fsp3) is 0.263. The molecule has 1 fully saturated rings. The molecule has 1 amide bonds. The number of rotatable bonds is 6. The van der Waals surface area contributed by atoms with E-state index in [2.05, 4.69) is 11.4 Å². The highest BCUT2D eigenvalue weighted by molar-refractivity contribution is 6.52. The molecule has 1 saturated carbocycles. The quantitative estimate of drug-likeness (QED) is 0.758. The van der Waals surface area contributed by atoms with Gasteiger partial charge in [-0.15, -0.1) is 23.2 Å². The van der Waals surface area contributed by atoms with Gasteiger partial charge in [-0.25, -0.2) is 0 Å². The zero-order valence-electron chi connectivity index (χ0n) is 13.3. The van der Waals surface area contributed by atoms with Gasteiger partial charge in [0.1, 0.15) is 16.7 Å². The number of nitriles is 1. The van der Waals surface area contributed by atoms with Crippen LogP contribution in [0.2, 0.25) is 0 Å². The lowest BCUT2D eigenvalue weighted by molar-refractivity contribution is -0.117. The molecule has 0 spiro atoms. The second kappa shape index (κ2) is 7.35. The van der Waals surface area contributed by atoms with Crippen molar-refractivity contribution in [3.8, 4) is 11.8 Å². The van der Waals surface area contributed by atoms with E-state index in [0.29, 0.717) is 25.1 Å². The van der Waals surface area contributed by atoms with Crippen LogP contribution in [0.3, 0.4) is 0 Å². The van der Waals surface area contributed by atoms with Crippen molar-refractivity contribution in [2.24, 2.45) is 5.92 Å². The number of hydrogen-bond acceptors (Lipinski definition) is 3. The highest BCUT2D eigenvalue weighted by Crippen LogP contribution is 2.53. The minimum Gasteiger partial charge on any atom is -0.489 e. The van der Waals surface area contributed by atoms with Crippen molar-refractivity contribution in [2.75, 3.05) is 5.32 Å². The van der Waals surface area contributed by atoms with Crippen LogP contribution in [0.25, 0.3) is 0 Å². The van der Waals surface area contributed by atoms with Crippen LogP contribution in [0.5, 0.6) is 5.75 Å². The Bertz CT molecular complexity index is 813. The summed E-state index contributed by atoms with van der Waals surface area (Å²) in [5.74, 6) is 0.196. The summed E-state index contributed by atoms with van der Waals surface area (Å²) in [6, 6.07) is 17.0. The summed E-state index contributed by atoms with van der Waals surface area (Å²) >= 11 is 11.8. The lowest BCUT2D eigenvalue weighted by Gasteiger charge is -2.09. The maximum atomic E-state index is 12.0. The molecule has 3 rings (SSSR count). The third kappa shape index (κ3) is 4.66. The molecule has 0 heterocycles. The van der Waals surface area contributed by atoms with E-state index < -0.39 is 4.33 Å². The van der Waals surface area contributed by atoms with Crippen LogP contribution in [0.4, 0.5) is 5.69 Å². The molecule has 0 bridgehead atoms. The Morgan fingerprint density at radius 1 is 1.24 bits per heavy atom. The standard InChI is InChI=1S/C19H16Cl2N2O2/c20-19(21)11-17(19)18(24)23-15-3-1-2-14(10-15)12-25-16-6-4-13(5-7-16)8-9-22/h1-7,10,17H,8,11-12H2,(H,23,24). The van der Waals surface area contributed by atoms with Crippen molar-refractivity contribution < 1.29 is 9.53 Å². The van der Waals surface area contributed by atoms with Gasteiger partial charge in [0.2, 0.25) is 5.91 Å². The predicted molar refractivity (Wildman–Crippen MR) is 97.7 cm³/mol. The van der Waals surface area contributed by atoms with E-state index in [9.17, 15) is 4.79 Å². The van der Waals surface area contributed by atoms with Crippen LogP contribution in [0.15, 0.2) is 48.5 Å². The van der Waals surface area contributed by atoms with Gasteiger partial charge in [-0.3, -0.25) is 4.79 Å². The van der Waals surface area contributed by atoms with E-state index in [4.69, 9.17) is 33.2 Å². The van der Waals surface area contributed by atoms with Gasteiger partial charge in [0.05, 0.1) is 18.4 Å². The summed E-state index contributed by atoms with van der Waals surface area (Å²) in [5, 5.41) is 11.5. The molecule has 6 heteroatoms. The minimum atomic E-state index is -0.928. The second-order valence-corrected chi connectivity index (χ2v) is 7.52. The molecular formula is C19H16Cl2N2O2. The normalized spacial score (nSPS) is 17.4. The summed E-state index contributed by atoms with van der Waals surface area (Å²) in [5.41, 5.74) is 2.57. The maximum Gasteiger partial charge on any atom is 0.230 e. The molecule has 25 heavy (non-hydrogen) atoms. The average molecular weight is 375 g/mol. The Morgan fingerprint density at radius 2 is 1.96 bits per heavy atom. The highest BCUT2D eigenvalue weighted by Gasteiger charge is 2.56. The van der Waals surface area contributed by atoms with E-state index in [1.165, 1.54) is 0 Å². The molecule has 1 atom stereocenters. The third-order valence-electron chi connectivity index (χ3n) is 3.95. The minimum absolute atomic E-state index is 0.170. The Labute approximate surface area is 156 Å². The Morgan fingerprint density at radius 3 is 2.60 bits per heavy atom. The van der Waals surface area contributed by atoms with E-state index in [1.54, 1.807) is 0 Å². The van der Waals surface area contributed by atoms with E-state index >= 15 is 0 Å². The summed E-state index contributed by atoms with van der Waals surface area (Å²) in [6.45, 7) is 0.375. The fourth-order valence-corrected chi connectivity index (χ4v) is 2.93. The average Bonchev–Trinajstić information content (AvgIpc) is 3.24. The molecule has 0 aliphatic heterocycles. The smallest absolute Gasteiger partial charge is 0.230 e. The van der Waals surface area contributed by atoms with Gasteiger partial charge in [-0.2, -0.15) is 5.26 Å². The molecule has 0 saturated heterocycles. The molecule has 4 nitrogen and oxygen atoms in total. The van der Waals surface area contributed by atoms with Crippen molar-refractivity contribution in [3.05, 3.63) is 59.7 Å². The number of hydrogen-bond donors (Lipinski definition) is 1. The number of anilines is 1. The first kappa shape index (κ1) is 17.6. The van der Waals surface area contributed by atoms with Crippen molar-refractivity contribution in [2.45, 2.75) is 23.8 Å². The summed E-state index contributed by atoms with van der Waals surface area (Å²) < 4.78 is 4.81. The molecule has 1 aliphatic carbocycles. The maximum absolute atomic E-state index is 12.0. The van der Waals surface area contributed by atoms with Crippen LogP contribution in [0.1, 0.15) is 17.5 Å². The van der Waals surface area contributed by atoms with E-state index in [1.807, 2.05) is 48.5 Å². The van der Waals surface area contributed by atoms with Gasteiger partial charge < -0.3 is 10.1 Å². The zero-order chi connectivity index (χ0) is 17.9. The number of halogens is 2. The molecule has 2 aromatic rings. The molecule has 1 unspecified atom stereocenters. The zero-order valence-corrected chi connectivity index (χ0v) is 14.8. The number of carbonyl (C=O) groups excluding carboxylic acids is 1. The third-order valence-corrected chi connectivity index (χ3v) is 4.78. The van der Waals surface area contributed by atoms with Crippen LogP contribution < -0.4 is 10.1 Å². The first-order chi connectivity index (χ1) is 12.0. The summed E-state index contributed by atoms with van der Waals surface area (Å²) in [4.78, 5) is 12.0. The summed E-state index contributed by atoms with van der Waals surface area (Å²) in [6.07, 6.45) is 0.863. The topological polar surface area (TPSA) is 62.1 Å². The molecular weight excluding hydrogens is 359 g/mol. The SMILES string of the molecule is N#CCc1ccc(OCc2cccc(NC(=O)C3CC3(Cl)Cl)c2)cc1. The van der Waals surface area contributed by atoms with Crippen LogP contribution in [-0.4, -0.2) is 10.2 Å². The van der Waals surface area contributed by atoms with Crippen molar-refractivity contribution >= 4 is 34.8 Å². The van der Waals surface area contributed by atoms with Crippen LogP contribution in [0, 0.1) is 17.2 Å². The lowest BCUT2D eigenvalue weighted by Crippen LogP contribution is -2.16. The molecule has 1 N–H and O–H groups in total. The number of amides is 1. The van der Waals surface area contributed by atoms with Gasteiger partial charge in [0, 0.05) is 5.69 Å². The van der Waals surface area contributed by atoms with Crippen molar-refractivity contribution in [3.63, 3.8) is 0 Å². The summed E-state index contributed by atoms with van der Waals surface area (Å²) in [7, 11) is 0. The van der Waals surface area contributed by atoms with E-state index in [-0.39, 0.29) is 11.8 Å². The van der Waals surface area contributed by atoms with Gasteiger partial charge in [0.25, 0.3) is 0 Å². The number of nitrogens with one attached hydrogen (secondary N) is 1. The number of benzene rings is 2. The highest BCUT2D eigenvalue weighted by atomic mass is 35.5.